The van der Waals surface area contributed by atoms with E-state index in [4.69, 9.17) is 9.47 Å². The number of para-hydroxylation sites is 1. The smallest absolute Gasteiger partial charge is 0.163 e. The van der Waals surface area contributed by atoms with Gasteiger partial charge in [-0.3, -0.25) is 4.98 Å². The van der Waals surface area contributed by atoms with Crippen LogP contribution in [0, 0.1) is 0 Å². The fourth-order valence-electron chi connectivity index (χ4n) is 3.17. The van der Waals surface area contributed by atoms with Crippen LogP contribution in [-0.4, -0.2) is 40.8 Å². The predicted molar refractivity (Wildman–Crippen MR) is 116 cm³/mol. The highest BCUT2D eigenvalue weighted by Crippen LogP contribution is 2.28. The lowest BCUT2D eigenvalue weighted by atomic mass is 10.1. The highest BCUT2D eigenvalue weighted by Gasteiger charge is 2.14. The zero-order valence-corrected chi connectivity index (χ0v) is 16.7. The number of hydrogen-bond acceptors (Lipinski definition) is 7. The largest absolute Gasteiger partial charge is 0.497 e. The van der Waals surface area contributed by atoms with E-state index in [9.17, 15) is 5.11 Å². The van der Waals surface area contributed by atoms with Gasteiger partial charge in [0.05, 0.1) is 25.8 Å². The van der Waals surface area contributed by atoms with Gasteiger partial charge in [-0.05, 0) is 42.0 Å². The van der Waals surface area contributed by atoms with Gasteiger partial charge in [0, 0.05) is 36.0 Å². The second-order valence-electron chi connectivity index (χ2n) is 6.70. The molecule has 7 heteroatoms. The van der Waals surface area contributed by atoms with E-state index < -0.39 is 6.10 Å². The van der Waals surface area contributed by atoms with E-state index in [1.54, 1.807) is 44.8 Å². The topological polar surface area (TPSA) is 89.4 Å². The molecule has 2 aromatic heterocycles. The van der Waals surface area contributed by atoms with E-state index in [2.05, 4.69) is 20.3 Å². The summed E-state index contributed by atoms with van der Waals surface area (Å²) in [5.74, 6) is 2.46. The normalized spacial score (nSPS) is 11.8. The minimum atomic E-state index is -0.787. The number of benzene rings is 2. The van der Waals surface area contributed by atoms with Gasteiger partial charge in [-0.15, -0.1) is 0 Å². The van der Waals surface area contributed by atoms with Gasteiger partial charge in [0.2, 0.25) is 0 Å². The lowest BCUT2D eigenvalue weighted by molar-refractivity contribution is 0.190. The summed E-state index contributed by atoms with van der Waals surface area (Å²) in [6, 6.07) is 16.9. The minimum Gasteiger partial charge on any atom is -0.497 e. The van der Waals surface area contributed by atoms with Crippen LogP contribution in [-0.2, 0) is 0 Å². The number of nitrogens with one attached hydrogen (secondary N) is 1. The van der Waals surface area contributed by atoms with E-state index in [1.807, 2.05) is 36.4 Å². The number of methoxy groups -OCH3 is 2. The van der Waals surface area contributed by atoms with Crippen molar-refractivity contribution in [2.75, 3.05) is 26.1 Å². The van der Waals surface area contributed by atoms with E-state index in [0.717, 1.165) is 16.5 Å². The zero-order chi connectivity index (χ0) is 20.9. The summed E-state index contributed by atoms with van der Waals surface area (Å²) in [6.07, 6.45) is 2.65. The van der Waals surface area contributed by atoms with Gasteiger partial charge < -0.3 is 19.9 Å². The third kappa shape index (κ3) is 4.16. The molecule has 0 radical (unpaired) electrons. The number of anilines is 1. The van der Waals surface area contributed by atoms with Crippen molar-refractivity contribution in [3.05, 3.63) is 72.6 Å². The molecule has 1 unspecified atom stereocenters. The lowest BCUT2D eigenvalue weighted by Crippen LogP contribution is -2.14. The molecule has 0 saturated heterocycles. The molecule has 2 aromatic carbocycles. The van der Waals surface area contributed by atoms with Gasteiger partial charge in [0.15, 0.2) is 5.82 Å². The van der Waals surface area contributed by atoms with Crippen molar-refractivity contribution in [1.82, 2.24) is 15.0 Å². The number of aliphatic hydroxyl groups is 1. The van der Waals surface area contributed by atoms with Crippen LogP contribution >= 0.6 is 0 Å². The van der Waals surface area contributed by atoms with Crippen molar-refractivity contribution >= 4 is 16.7 Å². The van der Waals surface area contributed by atoms with Crippen molar-refractivity contribution in [3.8, 4) is 22.9 Å². The first-order valence-electron chi connectivity index (χ1n) is 9.50. The van der Waals surface area contributed by atoms with E-state index >= 15 is 0 Å². The fourth-order valence-corrected chi connectivity index (χ4v) is 3.17. The Morgan fingerprint density at radius 3 is 2.43 bits per heavy atom. The Kier molecular flexibility index (Phi) is 5.72. The van der Waals surface area contributed by atoms with Gasteiger partial charge in [-0.25, -0.2) is 9.97 Å². The number of aliphatic hydroxyl groups excluding tert-OH is 1. The van der Waals surface area contributed by atoms with Crippen molar-refractivity contribution in [2.45, 2.75) is 6.10 Å². The molecule has 4 aromatic rings. The summed E-state index contributed by atoms with van der Waals surface area (Å²) in [5, 5.41) is 14.9. The maximum atomic E-state index is 10.8. The molecule has 1 atom stereocenters. The van der Waals surface area contributed by atoms with Crippen LogP contribution in [0.25, 0.3) is 22.3 Å². The Morgan fingerprint density at radius 2 is 1.73 bits per heavy atom. The van der Waals surface area contributed by atoms with Gasteiger partial charge in [-0.2, -0.15) is 0 Å². The number of aromatic nitrogens is 3. The van der Waals surface area contributed by atoms with Crippen LogP contribution in [0.4, 0.5) is 5.82 Å². The summed E-state index contributed by atoms with van der Waals surface area (Å²) in [6.45, 7) is 0.254. The number of nitrogens with zero attached hydrogens (tertiary/aromatic N) is 3. The predicted octanol–water partition coefficient (Wildman–Crippen LogP) is 3.85. The molecule has 0 aliphatic heterocycles. The number of rotatable bonds is 7. The lowest BCUT2D eigenvalue weighted by Gasteiger charge is -2.16. The fraction of sp³-hybridized carbons (Fsp3) is 0.174. The maximum absolute atomic E-state index is 10.8. The number of hydrogen-bond donors (Lipinski definition) is 2. The Balaban J connectivity index is 1.64. The second kappa shape index (κ2) is 8.75. The molecular formula is C23H22N4O3. The Morgan fingerprint density at radius 1 is 0.967 bits per heavy atom. The maximum Gasteiger partial charge on any atom is 0.163 e. The van der Waals surface area contributed by atoms with Gasteiger partial charge in [0.25, 0.3) is 0 Å². The zero-order valence-electron chi connectivity index (χ0n) is 16.7. The SMILES string of the molecule is COc1cc(OC)cc(C(O)CNc2nc(-c3cccnc3)nc3ccccc23)c1. The molecule has 4 rings (SSSR count). The minimum absolute atomic E-state index is 0.254. The van der Waals surface area contributed by atoms with E-state index in [-0.39, 0.29) is 6.54 Å². The van der Waals surface area contributed by atoms with Gasteiger partial charge >= 0.3 is 0 Å². The monoisotopic (exact) mass is 402 g/mol. The van der Waals surface area contributed by atoms with Crippen LogP contribution < -0.4 is 14.8 Å². The van der Waals surface area contributed by atoms with Crippen molar-refractivity contribution < 1.29 is 14.6 Å². The van der Waals surface area contributed by atoms with Crippen LogP contribution in [0.2, 0.25) is 0 Å². The number of fused-ring (bicyclic) bond motifs is 1. The van der Waals surface area contributed by atoms with Crippen molar-refractivity contribution in [2.24, 2.45) is 0 Å². The van der Waals surface area contributed by atoms with Crippen LogP contribution in [0.15, 0.2) is 67.0 Å². The van der Waals surface area contributed by atoms with Crippen molar-refractivity contribution in [1.29, 1.82) is 0 Å². The van der Waals surface area contributed by atoms with E-state index in [0.29, 0.717) is 28.7 Å². The average Bonchev–Trinajstić information content (AvgIpc) is 2.82. The standard InChI is InChI=1S/C23H22N4O3/c1-29-17-10-16(11-18(12-17)30-2)21(28)14-25-23-19-7-3-4-8-20(19)26-22(27-23)15-6-5-9-24-13-15/h3-13,21,28H,14H2,1-2H3,(H,25,26,27). The summed E-state index contributed by atoms with van der Waals surface area (Å²) >= 11 is 0. The molecule has 0 bridgehead atoms. The molecule has 152 valence electrons. The van der Waals surface area contributed by atoms with Crippen molar-refractivity contribution in [3.63, 3.8) is 0 Å². The van der Waals surface area contributed by atoms with Gasteiger partial charge in [-0.1, -0.05) is 12.1 Å². The second-order valence-corrected chi connectivity index (χ2v) is 6.70. The number of pyridine rings is 1. The summed E-state index contributed by atoms with van der Waals surface area (Å²) in [5.41, 5.74) is 2.32. The molecule has 0 fully saturated rings. The third-order valence-electron chi connectivity index (χ3n) is 4.74. The Hall–Kier alpha value is -3.71. The third-order valence-corrected chi connectivity index (χ3v) is 4.74. The first kappa shape index (κ1) is 19.6. The van der Waals surface area contributed by atoms with Crippen LogP contribution in [0.1, 0.15) is 11.7 Å². The molecule has 30 heavy (non-hydrogen) atoms. The summed E-state index contributed by atoms with van der Waals surface area (Å²) in [4.78, 5) is 13.5. The summed E-state index contributed by atoms with van der Waals surface area (Å²) in [7, 11) is 3.16. The first-order chi connectivity index (χ1) is 14.7. The van der Waals surface area contributed by atoms with E-state index in [1.165, 1.54) is 0 Å². The van der Waals surface area contributed by atoms with Crippen LogP contribution in [0.3, 0.4) is 0 Å². The molecule has 7 nitrogen and oxygen atoms in total. The first-order valence-corrected chi connectivity index (χ1v) is 9.50. The molecule has 2 N–H and O–H groups in total. The molecule has 0 amide bonds. The molecule has 2 heterocycles. The molecule has 0 saturated carbocycles. The highest BCUT2D eigenvalue weighted by molar-refractivity contribution is 5.90. The Labute approximate surface area is 174 Å². The Bertz CT molecular complexity index is 1130. The average molecular weight is 402 g/mol. The number of ether oxygens (including phenoxy) is 2. The van der Waals surface area contributed by atoms with Crippen LogP contribution in [0.5, 0.6) is 11.5 Å². The quantitative estimate of drug-likeness (QED) is 0.485. The molecule has 0 aliphatic rings. The molecule has 0 aliphatic carbocycles. The summed E-state index contributed by atoms with van der Waals surface area (Å²) < 4.78 is 10.6. The highest BCUT2D eigenvalue weighted by atomic mass is 16.5. The molecular weight excluding hydrogens is 380 g/mol. The van der Waals surface area contributed by atoms with Gasteiger partial charge in [0.1, 0.15) is 17.3 Å². The molecule has 0 spiro atoms.